The van der Waals surface area contributed by atoms with Crippen LogP contribution in [-0.4, -0.2) is 0 Å². The van der Waals surface area contributed by atoms with Gasteiger partial charge in [-0.05, 0) is 106 Å². The molecule has 0 amide bonds. The molecule has 0 bridgehead atoms. The molecule has 0 atom stereocenters. The average molecular weight is 455 g/mol. The molecule has 0 spiro atoms. The fraction of sp³-hybridized carbons (Fsp3) is 0. The van der Waals surface area contributed by atoms with E-state index in [2.05, 4.69) is 133 Å². The van der Waals surface area contributed by atoms with Crippen LogP contribution in [0.25, 0.3) is 75.8 Å². The highest BCUT2D eigenvalue weighted by molar-refractivity contribution is 6.21. The normalized spacial score (nSPS) is 11.9. The van der Waals surface area contributed by atoms with Gasteiger partial charge >= 0.3 is 0 Å². The van der Waals surface area contributed by atoms with Crippen LogP contribution < -0.4 is 0 Å². The van der Waals surface area contributed by atoms with E-state index in [-0.39, 0.29) is 0 Å². The van der Waals surface area contributed by atoms with Crippen molar-refractivity contribution in [2.24, 2.45) is 0 Å². The van der Waals surface area contributed by atoms with Crippen molar-refractivity contribution in [3.8, 4) is 11.1 Å². The predicted molar refractivity (Wildman–Crippen MR) is 157 cm³/mol. The molecule has 0 saturated heterocycles. The second-order valence-electron chi connectivity index (χ2n) is 9.78. The molecule has 0 N–H and O–H groups in total. The zero-order chi connectivity index (χ0) is 23.6. The van der Waals surface area contributed by atoms with E-state index in [0.717, 1.165) is 0 Å². The molecule has 0 saturated carbocycles. The molecule has 166 valence electrons. The minimum Gasteiger partial charge on any atom is -0.0616 e. The topological polar surface area (TPSA) is 0 Å². The fourth-order valence-electron chi connectivity index (χ4n) is 6.04. The lowest BCUT2D eigenvalue weighted by molar-refractivity contribution is 1.72. The Bertz CT molecular complexity index is 2150. The molecule has 0 aliphatic rings. The summed E-state index contributed by atoms with van der Waals surface area (Å²) in [7, 11) is 0. The second-order valence-corrected chi connectivity index (χ2v) is 9.78. The fourth-order valence-corrected chi connectivity index (χ4v) is 6.04. The molecule has 0 aliphatic carbocycles. The number of hydrogen-bond acceptors (Lipinski definition) is 0. The van der Waals surface area contributed by atoms with Crippen LogP contribution in [-0.2, 0) is 0 Å². The van der Waals surface area contributed by atoms with Gasteiger partial charge in [0.2, 0.25) is 0 Å². The monoisotopic (exact) mass is 454 g/mol. The van der Waals surface area contributed by atoms with E-state index in [9.17, 15) is 0 Å². The lowest BCUT2D eigenvalue weighted by atomic mass is 9.88. The van der Waals surface area contributed by atoms with E-state index >= 15 is 0 Å². The van der Waals surface area contributed by atoms with Gasteiger partial charge in [0.05, 0.1) is 0 Å². The molecule has 0 heteroatoms. The van der Waals surface area contributed by atoms with Gasteiger partial charge < -0.3 is 0 Å². The summed E-state index contributed by atoms with van der Waals surface area (Å²) in [5.74, 6) is 0. The molecule has 0 aromatic heterocycles. The SMILES string of the molecule is c1ccc2cc3c(ccc4c(-c5cc6cc7ccccc7cc6c6ccccc56)cccc43)cc2c1. The maximum atomic E-state index is 2.39. The maximum absolute atomic E-state index is 2.39. The van der Waals surface area contributed by atoms with Gasteiger partial charge in [0.1, 0.15) is 0 Å². The molecule has 8 aromatic carbocycles. The smallest absolute Gasteiger partial charge is 0.00928 e. The van der Waals surface area contributed by atoms with Crippen LogP contribution in [0.1, 0.15) is 0 Å². The molecule has 36 heavy (non-hydrogen) atoms. The van der Waals surface area contributed by atoms with Crippen molar-refractivity contribution in [1.29, 1.82) is 0 Å². The lowest BCUT2D eigenvalue weighted by Crippen LogP contribution is -1.88. The number of fused-ring (bicyclic) bond motifs is 8. The van der Waals surface area contributed by atoms with Crippen LogP contribution in [0, 0.1) is 0 Å². The first kappa shape index (κ1) is 19.6. The first-order valence-corrected chi connectivity index (χ1v) is 12.5. The van der Waals surface area contributed by atoms with Gasteiger partial charge in [-0.25, -0.2) is 0 Å². The van der Waals surface area contributed by atoms with E-state index in [1.54, 1.807) is 0 Å². The summed E-state index contributed by atoms with van der Waals surface area (Å²) in [5, 5.41) is 15.5. The third-order valence-electron chi connectivity index (χ3n) is 7.76. The van der Waals surface area contributed by atoms with Crippen molar-refractivity contribution in [3.63, 3.8) is 0 Å². The number of rotatable bonds is 1. The summed E-state index contributed by atoms with van der Waals surface area (Å²) < 4.78 is 0. The maximum Gasteiger partial charge on any atom is -0.00928 e. The first-order chi connectivity index (χ1) is 17.8. The molecule has 8 rings (SSSR count). The van der Waals surface area contributed by atoms with Crippen LogP contribution in [0.5, 0.6) is 0 Å². The minimum atomic E-state index is 1.28. The van der Waals surface area contributed by atoms with E-state index in [4.69, 9.17) is 0 Å². The van der Waals surface area contributed by atoms with Crippen LogP contribution in [0.2, 0.25) is 0 Å². The third kappa shape index (κ3) is 2.82. The summed E-state index contributed by atoms with van der Waals surface area (Å²) in [5.41, 5.74) is 2.58. The summed E-state index contributed by atoms with van der Waals surface area (Å²) in [6.07, 6.45) is 0. The molecule has 0 radical (unpaired) electrons. The highest BCUT2D eigenvalue weighted by Crippen LogP contribution is 2.41. The highest BCUT2D eigenvalue weighted by Gasteiger charge is 2.13. The van der Waals surface area contributed by atoms with E-state index in [0.29, 0.717) is 0 Å². The molecule has 0 heterocycles. The summed E-state index contributed by atoms with van der Waals surface area (Å²) in [6.45, 7) is 0. The van der Waals surface area contributed by atoms with E-state index in [1.165, 1.54) is 75.8 Å². The molecular weight excluding hydrogens is 432 g/mol. The Balaban J connectivity index is 1.49. The van der Waals surface area contributed by atoms with Crippen molar-refractivity contribution in [2.75, 3.05) is 0 Å². The lowest BCUT2D eigenvalue weighted by Gasteiger charge is -2.15. The average Bonchev–Trinajstić information content (AvgIpc) is 2.94. The van der Waals surface area contributed by atoms with Crippen LogP contribution in [0.3, 0.4) is 0 Å². The van der Waals surface area contributed by atoms with Gasteiger partial charge in [-0.3, -0.25) is 0 Å². The largest absolute Gasteiger partial charge is 0.0616 e. The third-order valence-corrected chi connectivity index (χ3v) is 7.76. The molecule has 0 aliphatic heterocycles. The Kier molecular flexibility index (Phi) is 4.03. The van der Waals surface area contributed by atoms with Crippen LogP contribution >= 0.6 is 0 Å². The minimum absolute atomic E-state index is 1.28. The zero-order valence-corrected chi connectivity index (χ0v) is 19.7. The molecule has 8 aromatic rings. The van der Waals surface area contributed by atoms with Crippen molar-refractivity contribution >= 4 is 64.6 Å². The Morgan fingerprint density at radius 1 is 0.222 bits per heavy atom. The Hall–Kier alpha value is -4.68. The van der Waals surface area contributed by atoms with Gasteiger partial charge in [-0.1, -0.05) is 103 Å². The Morgan fingerprint density at radius 2 is 0.722 bits per heavy atom. The van der Waals surface area contributed by atoms with Crippen molar-refractivity contribution in [2.45, 2.75) is 0 Å². The quantitative estimate of drug-likeness (QED) is 0.171. The van der Waals surface area contributed by atoms with Gasteiger partial charge in [-0.2, -0.15) is 0 Å². The Labute approximate surface area is 209 Å². The molecular formula is C36H22. The predicted octanol–water partition coefficient (Wildman–Crippen LogP) is 10.3. The van der Waals surface area contributed by atoms with Crippen LogP contribution in [0.4, 0.5) is 0 Å². The van der Waals surface area contributed by atoms with Gasteiger partial charge in [0.15, 0.2) is 0 Å². The first-order valence-electron chi connectivity index (χ1n) is 12.5. The highest BCUT2D eigenvalue weighted by atomic mass is 14.2. The van der Waals surface area contributed by atoms with Crippen molar-refractivity contribution in [1.82, 2.24) is 0 Å². The number of benzene rings is 8. The van der Waals surface area contributed by atoms with E-state index < -0.39 is 0 Å². The zero-order valence-electron chi connectivity index (χ0n) is 19.7. The summed E-state index contributed by atoms with van der Waals surface area (Å²) in [4.78, 5) is 0. The van der Waals surface area contributed by atoms with Crippen molar-refractivity contribution < 1.29 is 0 Å². The van der Waals surface area contributed by atoms with Gasteiger partial charge in [-0.15, -0.1) is 0 Å². The standard InChI is InChI=1S/C36H22/c1-3-10-25-20-34-27(18-23(25)8-1)16-17-33-30(34)14-7-15-32(33)36-22-28-19-24-9-2-4-11-26(24)21-35(28)29-12-5-6-13-31(29)36/h1-22H. The van der Waals surface area contributed by atoms with Gasteiger partial charge in [0.25, 0.3) is 0 Å². The van der Waals surface area contributed by atoms with E-state index in [1.807, 2.05) is 0 Å². The Morgan fingerprint density at radius 3 is 1.42 bits per heavy atom. The van der Waals surface area contributed by atoms with Crippen molar-refractivity contribution in [3.05, 3.63) is 133 Å². The molecule has 0 fully saturated rings. The molecule has 0 nitrogen and oxygen atoms in total. The summed E-state index contributed by atoms with van der Waals surface area (Å²) in [6, 6.07) is 49.2. The van der Waals surface area contributed by atoms with Gasteiger partial charge in [0, 0.05) is 0 Å². The van der Waals surface area contributed by atoms with Crippen LogP contribution in [0.15, 0.2) is 133 Å². The number of hydrogen-bond donors (Lipinski definition) is 0. The molecule has 0 unspecified atom stereocenters. The second kappa shape index (κ2) is 7.41. The summed E-state index contributed by atoms with van der Waals surface area (Å²) >= 11 is 0.